The molecule has 0 aliphatic rings. The smallest absolute Gasteiger partial charge is 0.314 e. The highest BCUT2D eigenvalue weighted by atomic mass is 16.4. The molecule has 3 heteroatoms. The number of aliphatic carboxylic acids is 1. The molecule has 3 aromatic rings. The average molecular weight is 291 g/mol. The van der Waals surface area contributed by atoms with Crippen molar-refractivity contribution in [3.63, 3.8) is 0 Å². The number of carboxylic acids is 1. The van der Waals surface area contributed by atoms with Crippen LogP contribution < -0.4 is 0 Å². The van der Waals surface area contributed by atoms with Crippen molar-refractivity contribution in [2.75, 3.05) is 0 Å². The van der Waals surface area contributed by atoms with Crippen molar-refractivity contribution < 1.29 is 9.90 Å². The Hall–Kier alpha value is -2.68. The second-order valence-corrected chi connectivity index (χ2v) is 5.70. The summed E-state index contributed by atoms with van der Waals surface area (Å²) in [5, 5.41) is 11.9. The lowest BCUT2D eigenvalue weighted by molar-refractivity contribution is -0.143. The average Bonchev–Trinajstić information content (AvgIpc) is 2.55. The van der Waals surface area contributed by atoms with Crippen LogP contribution in [0.3, 0.4) is 0 Å². The largest absolute Gasteiger partial charge is 0.481 e. The maximum atomic E-state index is 12.0. The zero-order valence-corrected chi connectivity index (χ0v) is 12.4. The third kappa shape index (κ3) is 2.46. The lowest BCUT2D eigenvalue weighted by atomic mass is 9.75. The number of pyridine rings is 1. The van der Waals surface area contributed by atoms with Crippen LogP contribution in [0.4, 0.5) is 0 Å². The molecule has 2 aromatic carbocycles. The van der Waals surface area contributed by atoms with Crippen LogP contribution in [0.5, 0.6) is 0 Å². The van der Waals surface area contributed by atoms with Gasteiger partial charge >= 0.3 is 5.97 Å². The Morgan fingerprint density at radius 2 is 1.86 bits per heavy atom. The molecule has 110 valence electrons. The SMILES string of the molecule is CC(Cc1cccnc1)(C(=O)O)c1cccc2ccccc12. The van der Waals surface area contributed by atoms with Gasteiger partial charge in [-0.05, 0) is 41.3 Å². The summed E-state index contributed by atoms with van der Waals surface area (Å²) in [6.07, 6.45) is 3.83. The van der Waals surface area contributed by atoms with E-state index in [2.05, 4.69) is 4.98 Å². The highest BCUT2D eigenvalue weighted by molar-refractivity contribution is 5.93. The summed E-state index contributed by atoms with van der Waals surface area (Å²) in [5.74, 6) is -0.826. The molecule has 0 amide bonds. The van der Waals surface area contributed by atoms with Crippen LogP contribution in [0, 0.1) is 0 Å². The predicted molar refractivity (Wildman–Crippen MR) is 86.9 cm³/mol. The number of carboxylic acid groups (broad SMARTS) is 1. The fraction of sp³-hybridized carbons (Fsp3) is 0.158. The first-order valence-corrected chi connectivity index (χ1v) is 7.22. The molecule has 1 atom stereocenters. The molecule has 0 saturated heterocycles. The number of rotatable bonds is 4. The number of aromatic nitrogens is 1. The molecule has 1 aromatic heterocycles. The summed E-state index contributed by atoms with van der Waals surface area (Å²) in [5.41, 5.74) is 0.756. The van der Waals surface area contributed by atoms with Gasteiger partial charge in [0.1, 0.15) is 0 Å². The van der Waals surface area contributed by atoms with Crippen LogP contribution in [-0.2, 0) is 16.6 Å². The van der Waals surface area contributed by atoms with Gasteiger partial charge in [-0.2, -0.15) is 0 Å². The number of fused-ring (bicyclic) bond motifs is 1. The first-order valence-electron chi connectivity index (χ1n) is 7.22. The van der Waals surface area contributed by atoms with Crippen molar-refractivity contribution in [2.24, 2.45) is 0 Å². The number of hydrogen-bond donors (Lipinski definition) is 1. The van der Waals surface area contributed by atoms with Gasteiger partial charge in [-0.1, -0.05) is 48.5 Å². The second-order valence-electron chi connectivity index (χ2n) is 5.70. The first-order chi connectivity index (χ1) is 10.6. The van der Waals surface area contributed by atoms with E-state index in [4.69, 9.17) is 0 Å². The van der Waals surface area contributed by atoms with E-state index in [9.17, 15) is 9.90 Å². The van der Waals surface area contributed by atoms with Gasteiger partial charge in [-0.25, -0.2) is 0 Å². The van der Waals surface area contributed by atoms with Gasteiger partial charge in [0.2, 0.25) is 0 Å². The molecule has 1 heterocycles. The van der Waals surface area contributed by atoms with Gasteiger partial charge < -0.3 is 5.11 Å². The molecule has 0 bridgehead atoms. The normalized spacial score (nSPS) is 13.7. The molecule has 0 saturated carbocycles. The molecular formula is C19H17NO2. The van der Waals surface area contributed by atoms with Crippen molar-refractivity contribution in [2.45, 2.75) is 18.8 Å². The minimum absolute atomic E-state index is 0.407. The molecule has 1 N–H and O–H groups in total. The highest BCUT2D eigenvalue weighted by Crippen LogP contribution is 2.33. The predicted octanol–water partition coefficient (Wildman–Crippen LogP) is 3.82. The molecule has 22 heavy (non-hydrogen) atoms. The van der Waals surface area contributed by atoms with E-state index in [1.807, 2.05) is 54.6 Å². The number of hydrogen-bond acceptors (Lipinski definition) is 2. The van der Waals surface area contributed by atoms with Crippen molar-refractivity contribution in [3.8, 4) is 0 Å². The van der Waals surface area contributed by atoms with Crippen LogP contribution in [0.2, 0.25) is 0 Å². The summed E-state index contributed by atoms with van der Waals surface area (Å²) in [6, 6.07) is 17.5. The molecule has 0 aliphatic heterocycles. The monoisotopic (exact) mass is 291 g/mol. The van der Waals surface area contributed by atoms with Gasteiger partial charge in [0.05, 0.1) is 5.41 Å². The van der Waals surface area contributed by atoms with Crippen molar-refractivity contribution in [1.82, 2.24) is 4.98 Å². The fourth-order valence-corrected chi connectivity index (χ4v) is 2.90. The van der Waals surface area contributed by atoms with Crippen LogP contribution >= 0.6 is 0 Å². The molecule has 0 aliphatic carbocycles. The van der Waals surface area contributed by atoms with Crippen molar-refractivity contribution in [1.29, 1.82) is 0 Å². The Kier molecular flexibility index (Phi) is 3.63. The van der Waals surface area contributed by atoms with E-state index in [0.717, 1.165) is 21.9 Å². The minimum atomic E-state index is -0.996. The first kappa shape index (κ1) is 14.3. The van der Waals surface area contributed by atoms with Crippen molar-refractivity contribution in [3.05, 3.63) is 78.1 Å². The Morgan fingerprint density at radius 3 is 2.59 bits per heavy atom. The lowest BCUT2D eigenvalue weighted by Gasteiger charge is -2.27. The molecule has 3 rings (SSSR count). The van der Waals surface area contributed by atoms with E-state index in [1.165, 1.54) is 0 Å². The Bertz CT molecular complexity index is 809. The van der Waals surface area contributed by atoms with E-state index in [1.54, 1.807) is 19.3 Å². The van der Waals surface area contributed by atoms with Crippen LogP contribution in [0.25, 0.3) is 10.8 Å². The summed E-state index contributed by atoms with van der Waals surface area (Å²) >= 11 is 0. The molecule has 0 spiro atoms. The second kappa shape index (κ2) is 5.60. The minimum Gasteiger partial charge on any atom is -0.481 e. The molecular weight excluding hydrogens is 274 g/mol. The van der Waals surface area contributed by atoms with Gasteiger partial charge in [0, 0.05) is 12.4 Å². The van der Waals surface area contributed by atoms with E-state index >= 15 is 0 Å². The fourth-order valence-electron chi connectivity index (χ4n) is 2.90. The molecule has 1 unspecified atom stereocenters. The zero-order chi connectivity index (χ0) is 15.6. The van der Waals surface area contributed by atoms with Gasteiger partial charge in [0.25, 0.3) is 0 Å². The molecule has 3 nitrogen and oxygen atoms in total. The van der Waals surface area contributed by atoms with Crippen LogP contribution in [0.15, 0.2) is 67.0 Å². The van der Waals surface area contributed by atoms with Gasteiger partial charge in [-0.15, -0.1) is 0 Å². The number of nitrogens with zero attached hydrogens (tertiary/aromatic N) is 1. The summed E-state index contributed by atoms with van der Waals surface area (Å²) in [4.78, 5) is 16.1. The molecule has 0 fully saturated rings. The quantitative estimate of drug-likeness (QED) is 0.795. The number of benzene rings is 2. The zero-order valence-electron chi connectivity index (χ0n) is 12.4. The van der Waals surface area contributed by atoms with Gasteiger partial charge in [-0.3, -0.25) is 9.78 Å². The number of carbonyl (C=O) groups is 1. The summed E-state index contributed by atoms with van der Waals surface area (Å²) in [6.45, 7) is 1.78. The third-order valence-electron chi connectivity index (χ3n) is 4.14. The van der Waals surface area contributed by atoms with E-state index in [0.29, 0.717) is 6.42 Å². The third-order valence-corrected chi connectivity index (χ3v) is 4.14. The topological polar surface area (TPSA) is 50.2 Å². The van der Waals surface area contributed by atoms with Gasteiger partial charge in [0.15, 0.2) is 0 Å². The lowest BCUT2D eigenvalue weighted by Crippen LogP contribution is -2.35. The standard InChI is InChI=1S/C19H17NO2/c1-19(18(21)22,12-14-6-5-11-20-13-14)17-10-4-8-15-7-2-3-9-16(15)17/h2-11,13H,12H2,1H3,(H,21,22). The summed E-state index contributed by atoms with van der Waals surface area (Å²) in [7, 11) is 0. The highest BCUT2D eigenvalue weighted by Gasteiger charge is 2.36. The summed E-state index contributed by atoms with van der Waals surface area (Å²) < 4.78 is 0. The molecule has 0 radical (unpaired) electrons. The van der Waals surface area contributed by atoms with Crippen LogP contribution in [0.1, 0.15) is 18.1 Å². The van der Waals surface area contributed by atoms with Crippen LogP contribution in [-0.4, -0.2) is 16.1 Å². The Labute approximate surface area is 129 Å². The maximum absolute atomic E-state index is 12.0. The Morgan fingerprint density at radius 1 is 1.09 bits per heavy atom. The van der Waals surface area contributed by atoms with E-state index < -0.39 is 11.4 Å². The maximum Gasteiger partial charge on any atom is 0.314 e. The van der Waals surface area contributed by atoms with E-state index in [-0.39, 0.29) is 0 Å². The van der Waals surface area contributed by atoms with Crippen molar-refractivity contribution >= 4 is 16.7 Å². The Balaban J connectivity index is 2.16.